The molecule has 0 fully saturated rings. The Morgan fingerprint density at radius 2 is 1.68 bits per heavy atom. The molecule has 0 amide bonds. The molecule has 2 rings (SSSR count). The Morgan fingerprint density at radius 3 is 2.32 bits per heavy atom. The van der Waals surface area contributed by atoms with Crippen molar-refractivity contribution >= 4 is 28.7 Å². The number of hydrogen-bond donors (Lipinski definition) is 2. The highest BCUT2D eigenvalue weighted by atomic mass is 32.1. The van der Waals surface area contributed by atoms with Crippen LogP contribution in [0.2, 0.25) is 0 Å². The molecule has 0 aromatic heterocycles. The molecule has 0 bridgehead atoms. The minimum absolute atomic E-state index is 0.188. The van der Waals surface area contributed by atoms with Gasteiger partial charge in [-0.1, -0.05) is 0 Å². The predicted octanol–water partition coefficient (Wildman–Crippen LogP) is 3.81. The van der Waals surface area contributed by atoms with Crippen LogP contribution in [0.25, 0.3) is 0 Å². The lowest BCUT2D eigenvalue weighted by molar-refractivity contribution is 0.508. The number of hydrogen-bond acceptors (Lipinski definition) is 2. The zero-order chi connectivity index (χ0) is 16.1. The lowest BCUT2D eigenvalue weighted by atomic mass is 10.1. The minimum atomic E-state index is -0.945. The topological polar surface area (TPSA) is 36.4 Å². The molecule has 2 N–H and O–H groups in total. The first-order valence-corrected chi connectivity index (χ1v) is 6.69. The number of thiocarbonyl (C=S) groups is 1. The molecule has 2 aromatic carbocycles. The van der Waals surface area contributed by atoms with Crippen molar-refractivity contribution in [3.63, 3.8) is 0 Å². The van der Waals surface area contributed by atoms with E-state index in [0.29, 0.717) is 17.0 Å². The van der Waals surface area contributed by atoms with Crippen LogP contribution in [0.4, 0.5) is 18.9 Å². The van der Waals surface area contributed by atoms with Crippen molar-refractivity contribution < 1.29 is 13.2 Å². The van der Waals surface area contributed by atoms with Crippen LogP contribution in [0.3, 0.4) is 0 Å². The van der Waals surface area contributed by atoms with Crippen molar-refractivity contribution in [2.24, 2.45) is 5.10 Å². The van der Waals surface area contributed by atoms with E-state index >= 15 is 0 Å². The molecule has 0 radical (unpaired) electrons. The average molecular weight is 323 g/mol. The summed E-state index contributed by atoms with van der Waals surface area (Å²) in [5, 5.41) is 6.98. The van der Waals surface area contributed by atoms with Gasteiger partial charge in [-0.05, 0) is 61.6 Å². The molecular weight excluding hydrogens is 311 g/mol. The standard InChI is InChI=1S/C15H12F3N3S/c1-9(10-2-7-13(17)14(18)8-10)20-21-15(22)19-12-5-3-11(16)4-6-12/h2-8H,1H3,(H2,19,21,22)/b20-9-. The van der Waals surface area contributed by atoms with Gasteiger partial charge in [0, 0.05) is 11.3 Å². The first-order valence-electron chi connectivity index (χ1n) is 6.28. The molecule has 0 aliphatic rings. The second-order valence-electron chi connectivity index (χ2n) is 4.40. The number of nitrogens with one attached hydrogen (secondary N) is 2. The van der Waals surface area contributed by atoms with E-state index < -0.39 is 11.6 Å². The second-order valence-corrected chi connectivity index (χ2v) is 4.81. The average Bonchev–Trinajstić information content (AvgIpc) is 2.50. The van der Waals surface area contributed by atoms with Crippen LogP contribution in [0.1, 0.15) is 12.5 Å². The zero-order valence-corrected chi connectivity index (χ0v) is 12.3. The summed E-state index contributed by atoms with van der Waals surface area (Å²) >= 11 is 5.03. The first-order chi connectivity index (χ1) is 10.5. The quantitative estimate of drug-likeness (QED) is 0.512. The molecule has 0 saturated carbocycles. The second kappa shape index (κ2) is 7.04. The van der Waals surface area contributed by atoms with Crippen LogP contribution >= 0.6 is 12.2 Å². The fourth-order valence-electron chi connectivity index (χ4n) is 1.61. The van der Waals surface area contributed by atoms with Gasteiger partial charge in [0.1, 0.15) is 5.82 Å². The SMILES string of the molecule is C/C(=N/NC(=S)Nc1ccc(F)cc1)c1ccc(F)c(F)c1. The maximum atomic E-state index is 13.1. The van der Waals surface area contributed by atoms with E-state index in [1.807, 2.05) is 0 Å². The van der Waals surface area contributed by atoms with Gasteiger partial charge >= 0.3 is 0 Å². The summed E-state index contributed by atoms with van der Waals surface area (Å²) in [4.78, 5) is 0. The van der Waals surface area contributed by atoms with Crippen LogP contribution in [0.5, 0.6) is 0 Å². The Hall–Kier alpha value is -2.41. The smallest absolute Gasteiger partial charge is 0.191 e. The van der Waals surface area contributed by atoms with Gasteiger partial charge in [-0.15, -0.1) is 0 Å². The van der Waals surface area contributed by atoms with E-state index in [4.69, 9.17) is 12.2 Å². The molecule has 114 valence electrons. The van der Waals surface area contributed by atoms with Crippen molar-refractivity contribution in [1.82, 2.24) is 5.43 Å². The van der Waals surface area contributed by atoms with Crippen molar-refractivity contribution in [2.45, 2.75) is 6.92 Å². The van der Waals surface area contributed by atoms with Crippen LogP contribution in [0, 0.1) is 17.5 Å². The lowest BCUT2D eigenvalue weighted by Crippen LogP contribution is -2.25. The summed E-state index contributed by atoms with van der Waals surface area (Å²) in [6.07, 6.45) is 0. The third kappa shape index (κ3) is 4.29. The molecule has 7 heteroatoms. The lowest BCUT2D eigenvalue weighted by Gasteiger charge is -2.08. The monoisotopic (exact) mass is 323 g/mol. The summed E-state index contributed by atoms with van der Waals surface area (Å²) < 4.78 is 38.8. The van der Waals surface area contributed by atoms with Gasteiger partial charge in [0.2, 0.25) is 0 Å². The van der Waals surface area contributed by atoms with E-state index in [0.717, 1.165) is 12.1 Å². The molecule has 0 unspecified atom stereocenters. The van der Waals surface area contributed by atoms with Gasteiger partial charge in [-0.25, -0.2) is 13.2 Å². The van der Waals surface area contributed by atoms with Crippen molar-refractivity contribution in [3.05, 3.63) is 65.5 Å². The molecule has 0 aliphatic carbocycles. The van der Waals surface area contributed by atoms with Gasteiger partial charge in [0.05, 0.1) is 5.71 Å². The van der Waals surface area contributed by atoms with Crippen LogP contribution in [-0.2, 0) is 0 Å². The molecule has 0 heterocycles. The Kier molecular flexibility index (Phi) is 5.11. The fourth-order valence-corrected chi connectivity index (χ4v) is 1.78. The maximum absolute atomic E-state index is 13.1. The largest absolute Gasteiger partial charge is 0.331 e. The van der Waals surface area contributed by atoms with Crippen molar-refractivity contribution in [2.75, 3.05) is 5.32 Å². The molecule has 0 aliphatic heterocycles. The van der Waals surface area contributed by atoms with E-state index in [2.05, 4.69) is 15.8 Å². The summed E-state index contributed by atoms with van der Waals surface area (Å²) in [5.41, 5.74) is 4.03. The normalized spacial score (nSPS) is 11.2. The van der Waals surface area contributed by atoms with Gasteiger partial charge in [-0.3, -0.25) is 5.43 Å². The number of nitrogens with zero attached hydrogens (tertiary/aromatic N) is 1. The Balaban J connectivity index is 1.99. The Morgan fingerprint density at radius 1 is 1.00 bits per heavy atom. The maximum Gasteiger partial charge on any atom is 0.191 e. The first kappa shape index (κ1) is 16.0. The van der Waals surface area contributed by atoms with E-state index in [-0.39, 0.29) is 10.9 Å². The summed E-state index contributed by atoms with van der Waals surface area (Å²) in [6.45, 7) is 1.63. The van der Waals surface area contributed by atoms with Gasteiger partial charge < -0.3 is 5.32 Å². The van der Waals surface area contributed by atoms with E-state index in [1.165, 1.54) is 30.3 Å². The molecule has 2 aromatic rings. The van der Waals surface area contributed by atoms with Crippen LogP contribution in [0.15, 0.2) is 47.6 Å². The highest BCUT2D eigenvalue weighted by Crippen LogP contribution is 2.10. The Bertz CT molecular complexity index is 714. The third-order valence-corrected chi connectivity index (χ3v) is 2.96. The van der Waals surface area contributed by atoms with Crippen molar-refractivity contribution in [1.29, 1.82) is 0 Å². The molecule has 0 saturated heterocycles. The highest BCUT2D eigenvalue weighted by molar-refractivity contribution is 7.80. The van der Waals surface area contributed by atoms with Crippen molar-refractivity contribution in [3.8, 4) is 0 Å². The van der Waals surface area contributed by atoms with Gasteiger partial charge in [0.15, 0.2) is 16.7 Å². The van der Waals surface area contributed by atoms with Gasteiger partial charge in [-0.2, -0.15) is 5.10 Å². The molecular formula is C15H12F3N3S. The highest BCUT2D eigenvalue weighted by Gasteiger charge is 2.05. The van der Waals surface area contributed by atoms with E-state index in [9.17, 15) is 13.2 Å². The van der Waals surface area contributed by atoms with Crippen LogP contribution < -0.4 is 10.7 Å². The van der Waals surface area contributed by atoms with E-state index in [1.54, 1.807) is 6.92 Å². The molecule has 22 heavy (non-hydrogen) atoms. The Labute approximate surface area is 130 Å². The summed E-state index contributed by atoms with van der Waals surface area (Å²) in [6, 6.07) is 9.12. The predicted molar refractivity (Wildman–Crippen MR) is 84.3 cm³/mol. The number of rotatable bonds is 3. The number of benzene rings is 2. The molecule has 0 atom stereocenters. The van der Waals surface area contributed by atoms with Gasteiger partial charge in [0.25, 0.3) is 0 Å². The third-order valence-electron chi connectivity index (χ3n) is 2.76. The molecule has 0 spiro atoms. The minimum Gasteiger partial charge on any atom is -0.331 e. The zero-order valence-electron chi connectivity index (χ0n) is 11.5. The molecule has 3 nitrogen and oxygen atoms in total. The fraction of sp³-hybridized carbons (Fsp3) is 0.0667. The number of hydrazone groups is 1. The number of anilines is 1. The number of halogens is 3. The summed E-state index contributed by atoms with van der Waals surface area (Å²) in [7, 11) is 0. The summed E-state index contributed by atoms with van der Waals surface area (Å²) in [5.74, 6) is -2.21. The van der Waals surface area contributed by atoms with Crippen LogP contribution in [-0.4, -0.2) is 10.8 Å².